The quantitative estimate of drug-likeness (QED) is 0.901. The van der Waals surface area contributed by atoms with Gasteiger partial charge in [0.1, 0.15) is 0 Å². The maximum absolute atomic E-state index is 12.1. The highest BCUT2D eigenvalue weighted by molar-refractivity contribution is 7.91. The van der Waals surface area contributed by atoms with Crippen LogP contribution in [0, 0.1) is 0 Å². The molecule has 0 radical (unpaired) electrons. The predicted molar refractivity (Wildman–Crippen MR) is 69.2 cm³/mol. The Morgan fingerprint density at radius 3 is 2.94 bits per heavy atom. The minimum absolute atomic E-state index is 0.0889. The predicted octanol–water partition coefficient (Wildman–Crippen LogP) is 2.56. The molecule has 1 N–H and O–H groups in total. The number of hydrogen-bond donors (Lipinski definition) is 1. The van der Waals surface area contributed by atoms with Crippen molar-refractivity contribution in [3.8, 4) is 0 Å². The van der Waals surface area contributed by atoms with Gasteiger partial charge in [0.05, 0.1) is 10.6 Å². The molecule has 0 bridgehead atoms. The van der Waals surface area contributed by atoms with Crippen molar-refractivity contribution < 1.29 is 8.42 Å². The van der Waals surface area contributed by atoms with Gasteiger partial charge in [-0.05, 0) is 43.1 Å². The van der Waals surface area contributed by atoms with Crippen molar-refractivity contribution in [2.75, 3.05) is 12.3 Å². The third kappa shape index (κ3) is 2.64. The molecule has 0 spiro atoms. The van der Waals surface area contributed by atoms with Crippen LogP contribution in [0.3, 0.4) is 0 Å². The largest absolute Gasteiger partial charge is 0.310 e. The van der Waals surface area contributed by atoms with Crippen LogP contribution in [0.1, 0.15) is 31.4 Å². The monoisotopic (exact) mass is 273 g/mol. The normalized spacial score (nSPS) is 22.8. The molecule has 0 saturated carbocycles. The van der Waals surface area contributed by atoms with Crippen LogP contribution in [0.25, 0.3) is 0 Å². The summed E-state index contributed by atoms with van der Waals surface area (Å²) in [6, 6.07) is 5.13. The molecule has 2 rings (SSSR count). The summed E-state index contributed by atoms with van der Waals surface area (Å²) < 4.78 is 24.2. The maximum atomic E-state index is 12.1. The fourth-order valence-electron chi connectivity index (χ4n) is 2.28. The van der Waals surface area contributed by atoms with E-state index in [1.165, 1.54) is 0 Å². The number of nitrogens with one attached hydrogen (secondary N) is 1. The lowest BCUT2D eigenvalue weighted by Gasteiger charge is -2.17. The fraction of sp³-hybridized carbons (Fsp3) is 0.500. The Balaban J connectivity index is 2.56. The molecule has 1 atom stereocenters. The van der Waals surface area contributed by atoms with Gasteiger partial charge in [0.2, 0.25) is 0 Å². The summed E-state index contributed by atoms with van der Waals surface area (Å²) in [7, 11) is -3.15. The average Bonchev–Trinajstić information content (AvgIpc) is 2.37. The minimum atomic E-state index is -3.15. The van der Waals surface area contributed by atoms with E-state index in [-0.39, 0.29) is 11.8 Å². The number of halogens is 1. The van der Waals surface area contributed by atoms with E-state index in [9.17, 15) is 8.42 Å². The summed E-state index contributed by atoms with van der Waals surface area (Å²) in [5, 5.41) is 3.91. The molecule has 1 unspecified atom stereocenters. The summed E-state index contributed by atoms with van der Waals surface area (Å²) >= 11 is 5.97. The van der Waals surface area contributed by atoms with Crippen molar-refractivity contribution in [2.24, 2.45) is 0 Å². The number of fused-ring (bicyclic) bond motifs is 1. The van der Waals surface area contributed by atoms with Crippen LogP contribution in [0.4, 0.5) is 0 Å². The van der Waals surface area contributed by atoms with Crippen molar-refractivity contribution in [2.45, 2.75) is 30.7 Å². The zero-order valence-electron chi connectivity index (χ0n) is 9.74. The molecule has 1 heterocycles. The van der Waals surface area contributed by atoms with Crippen LogP contribution < -0.4 is 5.32 Å². The third-order valence-corrected chi connectivity index (χ3v) is 5.14. The van der Waals surface area contributed by atoms with Crippen molar-refractivity contribution in [3.05, 3.63) is 28.8 Å². The SMILES string of the molecule is CCNC1CCCS(=O)(=O)c2ccc(Cl)cc21. The molecule has 1 aliphatic rings. The average molecular weight is 274 g/mol. The van der Waals surface area contributed by atoms with Crippen molar-refractivity contribution >= 4 is 21.4 Å². The highest BCUT2D eigenvalue weighted by Crippen LogP contribution is 2.32. The lowest BCUT2D eigenvalue weighted by molar-refractivity contribution is 0.508. The summed E-state index contributed by atoms with van der Waals surface area (Å²) in [6.07, 6.45) is 1.52. The molecular weight excluding hydrogens is 258 g/mol. The van der Waals surface area contributed by atoms with Gasteiger partial charge in [0, 0.05) is 11.1 Å². The van der Waals surface area contributed by atoms with E-state index in [1.807, 2.05) is 6.92 Å². The molecule has 0 saturated heterocycles. The van der Waals surface area contributed by atoms with Crippen LogP contribution in [0.15, 0.2) is 23.1 Å². The molecule has 0 amide bonds. The molecule has 94 valence electrons. The van der Waals surface area contributed by atoms with Gasteiger partial charge < -0.3 is 5.32 Å². The van der Waals surface area contributed by atoms with Crippen LogP contribution in [0.2, 0.25) is 5.02 Å². The molecule has 1 aromatic carbocycles. The van der Waals surface area contributed by atoms with Gasteiger partial charge in [-0.15, -0.1) is 0 Å². The molecule has 5 heteroatoms. The van der Waals surface area contributed by atoms with Gasteiger partial charge >= 0.3 is 0 Å². The molecule has 0 fully saturated rings. The Bertz CT molecular complexity index is 513. The minimum Gasteiger partial charge on any atom is -0.310 e. The van der Waals surface area contributed by atoms with Gasteiger partial charge in [-0.3, -0.25) is 0 Å². The summed E-state index contributed by atoms with van der Waals surface area (Å²) in [5.41, 5.74) is 0.817. The Morgan fingerprint density at radius 1 is 1.47 bits per heavy atom. The van der Waals surface area contributed by atoms with Gasteiger partial charge in [0.25, 0.3) is 0 Å². The van der Waals surface area contributed by atoms with E-state index < -0.39 is 9.84 Å². The fourth-order valence-corrected chi connectivity index (χ4v) is 4.06. The summed E-state index contributed by atoms with van der Waals surface area (Å²) in [5.74, 6) is 0.226. The first-order valence-electron chi connectivity index (χ1n) is 5.80. The number of sulfone groups is 1. The molecule has 1 aliphatic heterocycles. The zero-order valence-corrected chi connectivity index (χ0v) is 11.3. The molecule has 0 aromatic heterocycles. The second kappa shape index (κ2) is 4.96. The lowest BCUT2D eigenvalue weighted by atomic mass is 10.0. The first kappa shape index (κ1) is 12.9. The second-order valence-corrected chi connectivity index (χ2v) is 6.77. The molecule has 3 nitrogen and oxygen atoms in total. The third-order valence-electron chi connectivity index (χ3n) is 3.04. The maximum Gasteiger partial charge on any atom is 0.178 e. The van der Waals surface area contributed by atoms with E-state index >= 15 is 0 Å². The van der Waals surface area contributed by atoms with Crippen LogP contribution in [-0.2, 0) is 9.84 Å². The van der Waals surface area contributed by atoms with E-state index in [2.05, 4.69) is 5.32 Å². The van der Waals surface area contributed by atoms with Gasteiger partial charge in [0.15, 0.2) is 9.84 Å². The van der Waals surface area contributed by atoms with E-state index in [0.717, 1.165) is 18.5 Å². The smallest absolute Gasteiger partial charge is 0.178 e. The van der Waals surface area contributed by atoms with E-state index in [0.29, 0.717) is 16.3 Å². The van der Waals surface area contributed by atoms with Crippen molar-refractivity contribution in [3.63, 3.8) is 0 Å². The van der Waals surface area contributed by atoms with Crippen LogP contribution in [-0.4, -0.2) is 20.7 Å². The topological polar surface area (TPSA) is 46.2 Å². The number of benzene rings is 1. The summed E-state index contributed by atoms with van der Waals surface area (Å²) in [4.78, 5) is 0.436. The lowest BCUT2D eigenvalue weighted by Crippen LogP contribution is -2.21. The first-order valence-corrected chi connectivity index (χ1v) is 7.83. The second-order valence-electron chi connectivity index (χ2n) is 4.25. The van der Waals surface area contributed by atoms with Crippen molar-refractivity contribution in [1.82, 2.24) is 5.32 Å². The van der Waals surface area contributed by atoms with Crippen molar-refractivity contribution in [1.29, 1.82) is 0 Å². The highest BCUT2D eigenvalue weighted by Gasteiger charge is 2.27. The zero-order chi connectivity index (χ0) is 12.5. The molecule has 0 aliphatic carbocycles. The Labute approximate surface area is 107 Å². The molecule has 17 heavy (non-hydrogen) atoms. The molecule has 1 aromatic rings. The molecular formula is C12H16ClNO2S. The van der Waals surface area contributed by atoms with Gasteiger partial charge in [-0.25, -0.2) is 8.42 Å². The first-order chi connectivity index (χ1) is 8.04. The van der Waals surface area contributed by atoms with Gasteiger partial charge in [-0.2, -0.15) is 0 Å². The standard InChI is InChI=1S/C12H16ClNO2S/c1-2-14-11-4-3-7-17(15,16)12-6-5-9(13)8-10(11)12/h5-6,8,11,14H,2-4,7H2,1H3. The Morgan fingerprint density at radius 2 is 2.24 bits per heavy atom. The van der Waals surface area contributed by atoms with Gasteiger partial charge in [-0.1, -0.05) is 18.5 Å². The van der Waals surface area contributed by atoms with E-state index in [1.54, 1.807) is 18.2 Å². The van der Waals surface area contributed by atoms with Crippen LogP contribution >= 0.6 is 11.6 Å². The number of hydrogen-bond acceptors (Lipinski definition) is 3. The summed E-state index contributed by atoms with van der Waals surface area (Å²) in [6.45, 7) is 2.83. The van der Waals surface area contributed by atoms with E-state index in [4.69, 9.17) is 11.6 Å². The van der Waals surface area contributed by atoms with Crippen LogP contribution in [0.5, 0.6) is 0 Å². The Hall–Kier alpha value is -0.580. The highest BCUT2D eigenvalue weighted by atomic mass is 35.5. The number of rotatable bonds is 2. The Kier molecular flexibility index (Phi) is 3.76.